The van der Waals surface area contributed by atoms with Crippen LogP contribution in [0.5, 0.6) is 0 Å². The Balaban J connectivity index is 1.91. The zero-order valence-corrected chi connectivity index (χ0v) is 11.2. The number of nitriles is 1. The van der Waals surface area contributed by atoms with Crippen LogP contribution in [0.1, 0.15) is 24.2 Å². The predicted octanol–water partition coefficient (Wildman–Crippen LogP) is 1.99. The molecule has 2 heterocycles. The quantitative estimate of drug-likeness (QED) is 0.891. The van der Waals surface area contributed by atoms with Crippen LogP contribution >= 0.6 is 0 Å². The minimum absolute atomic E-state index is 0.680. The Hall–Kier alpha value is -1.86. The molecule has 98 valence electrons. The fourth-order valence-corrected chi connectivity index (χ4v) is 2.85. The number of rotatable bonds is 2. The molecule has 0 radical (unpaired) electrons. The third kappa shape index (κ3) is 2.34. The molecule has 1 N–H and O–H groups in total. The highest BCUT2D eigenvalue weighted by Crippen LogP contribution is 2.21. The van der Waals surface area contributed by atoms with Crippen molar-refractivity contribution in [2.45, 2.75) is 19.3 Å². The first-order valence-electron chi connectivity index (χ1n) is 6.84. The van der Waals surface area contributed by atoms with Gasteiger partial charge in [-0.2, -0.15) is 5.26 Å². The molecule has 0 amide bonds. The number of aromatic nitrogens is 2. The van der Waals surface area contributed by atoms with Gasteiger partial charge in [0.15, 0.2) is 0 Å². The van der Waals surface area contributed by atoms with Gasteiger partial charge >= 0.3 is 0 Å². The summed E-state index contributed by atoms with van der Waals surface area (Å²) in [5.41, 5.74) is 2.74. The average molecular weight is 254 g/mol. The van der Waals surface area contributed by atoms with E-state index in [9.17, 15) is 0 Å². The molecule has 1 atom stereocenters. The second-order valence-electron chi connectivity index (χ2n) is 5.32. The van der Waals surface area contributed by atoms with E-state index < -0.39 is 0 Å². The van der Waals surface area contributed by atoms with Gasteiger partial charge in [-0.05, 0) is 50.0 Å². The monoisotopic (exact) mass is 254 g/mol. The SMILES string of the molecule is Cn1c(CC2CCCNC2)nc2ccc(C#N)cc21. The Kier molecular flexibility index (Phi) is 3.22. The second kappa shape index (κ2) is 5.02. The molecule has 19 heavy (non-hydrogen) atoms. The molecule has 4 nitrogen and oxygen atoms in total. The first kappa shape index (κ1) is 12.2. The van der Waals surface area contributed by atoms with Crippen LogP contribution in [0, 0.1) is 17.2 Å². The molecule has 2 aromatic rings. The number of piperidine rings is 1. The highest BCUT2D eigenvalue weighted by molar-refractivity contribution is 5.77. The van der Waals surface area contributed by atoms with Gasteiger partial charge in [0, 0.05) is 13.5 Å². The Morgan fingerprint density at radius 1 is 1.53 bits per heavy atom. The topological polar surface area (TPSA) is 53.6 Å². The third-order valence-corrected chi connectivity index (χ3v) is 3.97. The number of aryl methyl sites for hydroxylation is 1. The fourth-order valence-electron chi connectivity index (χ4n) is 2.85. The Bertz CT molecular complexity index is 629. The second-order valence-corrected chi connectivity index (χ2v) is 5.32. The van der Waals surface area contributed by atoms with E-state index in [1.54, 1.807) is 0 Å². The van der Waals surface area contributed by atoms with Crippen molar-refractivity contribution in [3.8, 4) is 6.07 Å². The van der Waals surface area contributed by atoms with Gasteiger partial charge < -0.3 is 9.88 Å². The van der Waals surface area contributed by atoms with Crippen molar-refractivity contribution in [1.29, 1.82) is 5.26 Å². The van der Waals surface area contributed by atoms with Gasteiger partial charge in [0.05, 0.1) is 22.7 Å². The zero-order chi connectivity index (χ0) is 13.2. The zero-order valence-electron chi connectivity index (χ0n) is 11.2. The molecule has 0 aliphatic carbocycles. The van der Waals surface area contributed by atoms with E-state index in [1.807, 2.05) is 25.2 Å². The minimum Gasteiger partial charge on any atom is -0.331 e. The van der Waals surface area contributed by atoms with Crippen LogP contribution in [0.2, 0.25) is 0 Å². The van der Waals surface area contributed by atoms with E-state index in [2.05, 4.69) is 16.0 Å². The van der Waals surface area contributed by atoms with E-state index in [0.717, 1.165) is 36.4 Å². The van der Waals surface area contributed by atoms with E-state index >= 15 is 0 Å². The van der Waals surface area contributed by atoms with Crippen LogP contribution in [0.15, 0.2) is 18.2 Å². The highest BCUT2D eigenvalue weighted by Gasteiger charge is 2.17. The van der Waals surface area contributed by atoms with Gasteiger partial charge in [-0.1, -0.05) is 0 Å². The summed E-state index contributed by atoms with van der Waals surface area (Å²) < 4.78 is 2.13. The highest BCUT2D eigenvalue weighted by atomic mass is 15.1. The molecule has 0 saturated carbocycles. The van der Waals surface area contributed by atoms with E-state index in [1.165, 1.54) is 12.8 Å². The van der Waals surface area contributed by atoms with Crippen molar-refractivity contribution in [3.05, 3.63) is 29.6 Å². The molecule has 1 saturated heterocycles. The van der Waals surface area contributed by atoms with Crippen molar-refractivity contribution < 1.29 is 0 Å². The van der Waals surface area contributed by atoms with Crippen LogP contribution in [-0.4, -0.2) is 22.6 Å². The maximum atomic E-state index is 8.97. The maximum Gasteiger partial charge on any atom is 0.109 e. The smallest absolute Gasteiger partial charge is 0.109 e. The Morgan fingerprint density at radius 3 is 3.16 bits per heavy atom. The fraction of sp³-hybridized carbons (Fsp3) is 0.467. The van der Waals surface area contributed by atoms with E-state index in [-0.39, 0.29) is 0 Å². The van der Waals surface area contributed by atoms with Crippen molar-refractivity contribution in [2.75, 3.05) is 13.1 Å². The summed E-state index contributed by atoms with van der Waals surface area (Å²) >= 11 is 0. The summed E-state index contributed by atoms with van der Waals surface area (Å²) in [6.45, 7) is 2.23. The van der Waals surface area contributed by atoms with E-state index in [0.29, 0.717) is 11.5 Å². The summed E-state index contributed by atoms with van der Waals surface area (Å²) in [6, 6.07) is 7.88. The van der Waals surface area contributed by atoms with Gasteiger partial charge in [-0.3, -0.25) is 0 Å². The number of fused-ring (bicyclic) bond motifs is 1. The lowest BCUT2D eigenvalue weighted by Crippen LogP contribution is -2.31. The van der Waals surface area contributed by atoms with Gasteiger partial charge in [-0.25, -0.2) is 4.98 Å². The molecular formula is C15H18N4. The third-order valence-electron chi connectivity index (χ3n) is 3.97. The lowest BCUT2D eigenvalue weighted by molar-refractivity contribution is 0.368. The van der Waals surface area contributed by atoms with E-state index in [4.69, 9.17) is 10.2 Å². The largest absolute Gasteiger partial charge is 0.331 e. The Labute approximate surface area is 113 Å². The standard InChI is InChI=1S/C15H18N4/c1-19-14-7-11(9-16)4-5-13(14)18-15(19)8-12-3-2-6-17-10-12/h4-5,7,12,17H,2-3,6,8,10H2,1H3. The first-order valence-corrected chi connectivity index (χ1v) is 6.84. The average Bonchev–Trinajstić information content (AvgIpc) is 2.76. The summed E-state index contributed by atoms with van der Waals surface area (Å²) in [5.74, 6) is 1.80. The molecule has 1 aromatic carbocycles. The summed E-state index contributed by atoms with van der Waals surface area (Å²) in [5, 5.41) is 12.4. The van der Waals surface area contributed by atoms with Gasteiger partial charge in [0.2, 0.25) is 0 Å². The molecule has 4 heteroatoms. The van der Waals surface area contributed by atoms with Crippen LogP contribution in [0.3, 0.4) is 0 Å². The summed E-state index contributed by atoms with van der Waals surface area (Å²) in [7, 11) is 2.04. The molecule has 0 bridgehead atoms. The summed E-state index contributed by atoms with van der Waals surface area (Å²) in [6.07, 6.45) is 3.55. The number of imidazole rings is 1. The maximum absolute atomic E-state index is 8.97. The molecular weight excluding hydrogens is 236 g/mol. The van der Waals surface area contributed by atoms with Crippen LogP contribution in [0.25, 0.3) is 11.0 Å². The van der Waals surface area contributed by atoms with Crippen LogP contribution < -0.4 is 5.32 Å². The van der Waals surface area contributed by atoms with Crippen molar-refractivity contribution in [1.82, 2.24) is 14.9 Å². The molecule has 1 aliphatic heterocycles. The molecule has 3 rings (SSSR count). The molecule has 1 fully saturated rings. The molecule has 0 spiro atoms. The van der Waals surface area contributed by atoms with Crippen molar-refractivity contribution >= 4 is 11.0 Å². The predicted molar refractivity (Wildman–Crippen MR) is 74.7 cm³/mol. The first-order chi connectivity index (χ1) is 9.28. The van der Waals surface area contributed by atoms with Gasteiger partial charge in [-0.15, -0.1) is 0 Å². The number of benzene rings is 1. The van der Waals surface area contributed by atoms with Crippen molar-refractivity contribution in [2.24, 2.45) is 13.0 Å². The van der Waals surface area contributed by atoms with Crippen LogP contribution in [0.4, 0.5) is 0 Å². The van der Waals surface area contributed by atoms with Crippen molar-refractivity contribution in [3.63, 3.8) is 0 Å². The summed E-state index contributed by atoms with van der Waals surface area (Å²) in [4.78, 5) is 4.71. The minimum atomic E-state index is 0.680. The number of hydrogen-bond acceptors (Lipinski definition) is 3. The van der Waals surface area contributed by atoms with Gasteiger partial charge in [0.1, 0.15) is 5.82 Å². The lowest BCUT2D eigenvalue weighted by Gasteiger charge is -2.22. The number of hydrogen-bond donors (Lipinski definition) is 1. The lowest BCUT2D eigenvalue weighted by atomic mass is 9.96. The number of nitrogens with one attached hydrogen (secondary N) is 1. The normalized spacial score (nSPS) is 19.5. The molecule has 1 unspecified atom stereocenters. The number of nitrogens with zero attached hydrogens (tertiary/aromatic N) is 3. The molecule has 1 aliphatic rings. The van der Waals surface area contributed by atoms with Gasteiger partial charge in [0.25, 0.3) is 0 Å². The van der Waals surface area contributed by atoms with Crippen LogP contribution in [-0.2, 0) is 13.5 Å². The Morgan fingerprint density at radius 2 is 2.42 bits per heavy atom. The molecule has 1 aromatic heterocycles.